The predicted octanol–water partition coefficient (Wildman–Crippen LogP) is 4.37. The second kappa shape index (κ2) is 9.98. The van der Waals surface area contributed by atoms with E-state index in [1.54, 1.807) is 18.3 Å². The van der Waals surface area contributed by atoms with Crippen LogP contribution in [0, 0.1) is 11.3 Å². The second-order valence-corrected chi connectivity index (χ2v) is 10.9. The first kappa shape index (κ1) is 24.6. The summed E-state index contributed by atoms with van der Waals surface area (Å²) in [6.07, 6.45) is 2.83. The number of ether oxygens (including phenoxy) is 2. The Labute approximate surface area is 207 Å². The number of thiazole rings is 1. The van der Waals surface area contributed by atoms with Gasteiger partial charge in [-0.25, -0.2) is 13.4 Å². The number of rotatable bonds is 7. The van der Waals surface area contributed by atoms with Crippen molar-refractivity contribution in [2.75, 3.05) is 12.9 Å². The molecule has 2 aromatic carbocycles. The van der Waals surface area contributed by atoms with Crippen molar-refractivity contribution in [1.29, 1.82) is 5.26 Å². The highest BCUT2D eigenvalue weighted by Crippen LogP contribution is 2.38. The van der Waals surface area contributed by atoms with E-state index in [2.05, 4.69) is 20.2 Å². The third kappa shape index (κ3) is 5.42. The van der Waals surface area contributed by atoms with Crippen molar-refractivity contribution in [2.45, 2.75) is 32.8 Å². The number of carbonyl (C=O) groups excluding carboxylic acids is 1. The van der Waals surface area contributed by atoms with Gasteiger partial charge in [0.1, 0.15) is 16.8 Å². The van der Waals surface area contributed by atoms with Crippen LogP contribution < -0.4 is 4.74 Å². The third-order valence-electron chi connectivity index (χ3n) is 5.36. The van der Waals surface area contributed by atoms with Gasteiger partial charge in [0.2, 0.25) is 0 Å². The number of nitrogens with zero attached hydrogens (tertiary/aromatic N) is 3. The number of hydrogen-bond donors (Lipinski definition) is 0. The Balaban J connectivity index is 1.65. The first-order valence-electron chi connectivity index (χ1n) is 10.9. The molecule has 0 N–H and O–H groups in total. The number of sulfonamides is 1. The average Bonchev–Trinajstić information content (AvgIpc) is 3.46. The Hall–Kier alpha value is -3.55. The molecule has 1 aliphatic carbocycles. The SMILES string of the molecule is COC(=O)CS(=O)(=O)N=C1CCc2c1cccc2-c1cnc(-c2ccc(OC(C)C)c(C#N)c2)s1. The van der Waals surface area contributed by atoms with Gasteiger partial charge in [-0.05, 0) is 56.0 Å². The molecule has 0 bridgehead atoms. The number of carbonyl (C=O) groups is 1. The standard InChI is InChI=1S/C25H23N3O5S2/c1-15(2)33-22-10-7-16(11-17(22)12-26)25-27-13-23(34-25)20-6-4-5-19-18(20)8-9-21(19)28-35(30,31)14-24(29)32-3/h4-7,10-11,13,15H,8-9,14H2,1-3H3. The van der Waals surface area contributed by atoms with E-state index in [1.807, 2.05) is 38.1 Å². The summed E-state index contributed by atoms with van der Waals surface area (Å²) < 4.78 is 38.6. The van der Waals surface area contributed by atoms with Gasteiger partial charge in [0.25, 0.3) is 10.0 Å². The van der Waals surface area contributed by atoms with E-state index in [9.17, 15) is 18.5 Å². The van der Waals surface area contributed by atoms with Crippen LogP contribution >= 0.6 is 11.3 Å². The molecule has 0 amide bonds. The topological polar surface area (TPSA) is 119 Å². The molecule has 1 aromatic heterocycles. The molecule has 3 aromatic rings. The number of esters is 1. The molecule has 0 unspecified atom stereocenters. The van der Waals surface area contributed by atoms with Gasteiger partial charge in [0, 0.05) is 17.3 Å². The molecule has 1 aliphatic rings. The highest BCUT2D eigenvalue weighted by Gasteiger charge is 2.25. The fourth-order valence-corrected chi connectivity index (χ4v) is 5.85. The lowest BCUT2D eigenvalue weighted by molar-refractivity contribution is -0.137. The van der Waals surface area contributed by atoms with Crippen LogP contribution in [0.2, 0.25) is 0 Å². The lowest BCUT2D eigenvalue weighted by atomic mass is 10.0. The summed E-state index contributed by atoms with van der Waals surface area (Å²) >= 11 is 1.49. The molecule has 4 rings (SSSR count). The molecule has 1 heterocycles. The average molecular weight is 510 g/mol. The molecular weight excluding hydrogens is 486 g/mol. The van der Waals surface area contributed by atoms with Crippen LogP contribution in [0.5, 0.6) is 5.75 Å². The van der Waals surface area contributed by atoms with Crippen LogP contribution in [0.3, 0.4) is 0 Å². The molecule has 0 saturated carbocycles. The number of fused-ring (bicyclic) bond motifs is 1. The first-order chi connectivity index (χ1) is 16.7. The maximum atomic E-state index is 12.3. The van der Waals surface area contributed by atoms with Gasteiger partial charge >= 0.3 is 5.97 Å². The Bertz CT molecular complexity index is 1470. The second-order valence-electron chi connectivity index (χ2n) is 8.19. The predicted molar refractivity (Wildman–Crippen MR) is 134 cm³/mol. The minimum atomic E-state index is -3.98. The summed E-state index contributed by atoms with van der Waals surface area (Å²) in [5.41, 5.74) is 4.41. The fourth-order valence-electron chi connectivity index (χ4n) is 3.88. The zero-order valence-corrected chi connectivity index (χ0v) is 21.1. The van der Waals surface area contributed by atoms with Crippen LogP contribution in [0.15, 0.2) is 47.0 Å². The van der Waals surface area contributed by atoms with E-state index >= 15 is 0 Å². The molecule has 8 nitrogen and oxygen atoms in total. The molecule has 0 radical (unpaired) electrons. The minimum Gasteiger partial charge on any atom is -0.490 e. The van der Waals surface area contributed by atoms with Crippen molar-refractivity contribution < 1.29 is 22.7 Å². The van der Waals surface area contributed by atoms with Crippen LogP contribution in [0.1, 0.15) is 37.0 Å². The molecule has 0 fully saturated rings. The van der Waals surface area contributed by atoms with Crippen LogP contribution in [-0.4, -0.2) is 44.0 Å². The third-order valence-corrected chi connectivity index (χ3v) is 7.54. The number of hydrogen-bond acceptors (Lipinski definition) is 8. The van der Waals surface area contributed by atoms with Gasteiger partial charge in [-0.15, -0.1) is 11.3 Å². The van der Waals surface area contributed by atoms with E-state index < -0.39 is 21.7 Å². The van der Waals surface area contributed by atoms with Crippen molar-refractivity contribution in [1.82, 2.24) is 4.98 Å². The molecule has 180 valence electrons. The summed E-state index contributed by atoms with van der Waals surface area (Å²) in [5, 5.41) is 10.3. The van der Waals surface area contributed by atoms with E-state index in [1.165, 1.54) is 11.3 Å². The lowest BCUT2D eigenvalue weighted by Gasteiger charge is -2.11. The molecule has 35 heavy (non-hydrogen) atoms. The molecule has 0 spiro atoms. The molecule has 0 saturated heterocycles. The highest BCUT2D eigenvalue weighted by atomic mass is 32.2. The number of benzene rings is 2. The number of aromatic nitrogens is 1. The van der Waals surface area contributed by atoms with E-state index in [4.69, 9.17) is 4.74 Å². The summed E-state index contributed by atoms with van der Waals surface area (Å²) in [4.78, 5) is 16.9. The lowest BCUT2D eigenvalue weighted by Crippen LogP contribution is -2.16. The van der Waals surface area contributed by atoms with Crippen molar-refractivity contribution in [2.24, 2.45) is 4.40 Å². The Morgan fingerprint density at radius 2 is 2.00 bits per heavy atom. The highest BCUT2D eigenvalue weighted by molar-refractivity contribution is 7.91. The van der Waals surface area contributed by atoms with Crippen LogP contribution in [0.25, 0.3) is 21.0 Å². The van der Waals surface area contributed by atoms with E-state index in [0.717, 1.165) is 39.2 Å². The summed E-state index contributed by atoms with van der Waals surface area (Å²) in [7, 11) is -2.84. The maximum absolute atomic E-state index is 12.3. The monoisotopic (exact) mass is 509 g/mol. The molecular formula is C25H23N3O5S2. The Kier molecular flexibility index (Phi) is 7.00. The van der Waals surface area contributed by atoms with Gasteiger partial charge in [-0.1, -0.05) is 18.2 Å². The maximum Gasteiger partial charge on any atom is 0.322 e. The zero-order chi connectivity index (χ0) is 25.2. The van der Waals surface area contributed by atoms with Gasteiger partial charge in [-0.3, -0.25) is 4.79 Å². The molecule has 10 heteroatoms. The normalized spacial score (nSPS) is 14.1. The van der Waals surface area contributed by atoms with Crippen molar-refractivity contribution >= 4 is 33.0 Å². The van der Waals surface area contributed by atoms with Crippen molar-refractivity contribution in [3.05, 3.63) is 59.3 Å². The quantitative estimate of drug-likeness (QED) is 0.434. The van der Waals surface area contributed by atoms with E-state index in [0.29, 0.717) is 29.9 Å². The number of methoxy groups -OCH3 is 1. The first-order valence-corrected chi connectivity index (χ1v) is 13.3. The summed E-state index contributed by atoms with van der Waals surface area (Å²) in [5.74, 6) is -1.09. The van der Waals surface area contributed by atoms with Crippen molar-refractivity contribution in [3.63, 3.8) is 0 Å². The Morgan fingerprint density at radius 1 is 1.23 bits per heavy atom. The summed E-state index contributed by atoms with van der Waals surface area (Å²) in [6.45, 7) is 3.82. The largest absolute Gasteiger partial charge is 0.490 e. The zero-order valence-electron chi connectivity index (χ0n) is 19.4. The smallest absolute Gasteiger partial charge is 0.322 e. The fraction of sp³-hybridized carbons (Fsp3) is 0.280. The Morgan fingerprint density at radius 3 is 2.71 bits per heavy atom. The van der Waals surface area contributed by atoms with Crippen LogP contribution in [0.4, 0.5) is 0 Å². The number of nitriles is 1. The van der Waals surface area contributed by atoms with Gasteiger partial charge in [-0.2, -0.15) is 9.66 Å². The molecule has 0 atom stereocenters. The van der Waals surface area contributed by atoms with Crippen LogP contribution in [-0.2, 0) is 26.0 Å². The minimum absolute atomic E-state index is 0.0384. The van der Waals surface area contributed by atoms with E-state index in [-0.39, 0.29) is 6.10 Å². The van der Waals surface area contributed by atoms with Gasteiger partial charge in [0.05, 0.1) is 29.4 Å². The molecule has 0 aliphatic heterocycles. The summed E-state index contributed by atoms with van der Waals surface area (Å²) in [6, 6.07) is 13.3. The van der Waals surface area contributed by atoms with Crippen molar-refractivity contribution in [3.8, 4) is 32.8 Å². The van der Waals surface area contributed by atoms with Gasteiger partial charge in [0.15, 0.2) is 5.75 Å². The van der Waals surface area contributed by atoms with Gasteiger partial charge < -0.3 is 9.47 Å².